The van der Waals surface area contributed by atoms with Crippen LogP contribution in [0.3, 0.4) is 0 Å². The Morgan fingerprint density at radius 2 is 1.87 bits per heavy atom. The highest BCUT2D eigenvalue weighted by Gasteiger charge is 2.39. The van der Waals surface area contributed by atoms with Crippen LogP contribution < -0.4 is 5.32 Å². The van der Waals surface area contributed by atoms with E-state index < -0.39 is 21.2 Å². The van der Waals surface area contributed by atoms with Crippen molar-refractivity contribution in [3.8, 4) is 0 Å². The molecule has 0 saturated carbocycles. The number of sulfonamides is 1. The molecule has 2 amide bonds. The van der Waals surface area contributed by atoms with Crippen molar-refractivity contribution < 1.29 is 18.0 Å². The molecule has 0 spiro atoms. The maximum Gasteiger partial charge on any atom is 0.284 e. The molecule has 7 nitrogen and oxygen atoms in total. The van der Waals surface area contributed by atoms with E-state index in [2.05, 4.69) is 16.3 Å². The van der Waals surface area contributed by atoms with E-state index in [1.165, 1.54) is 23.1 Å². The van der Waals surface area contributed by atoms with Crippen molar-refractivity contribution in [2.75, 3.05) is 11.9 Å². The molecule has 3 rings (SSSR count). The third-order valence-electron chi connectivity index (χ3n) is 4.07. The smallest absolute Gasteiger partial charge is 0.284 e. The summed E-state index contributed by atoms with van der Waals surface area (Å²) in [7, 11) is -4.00. The summed E-state index contributed by atoms with van der Waals surface area (Å²) >= 11 is 6.77. The molecular formula is C20H18ClN3O4S2. The molecule has 156 valence electrons. The molecule has 0 bridgehead atoms. The number of carbonyl (C=O) groups excluding carboxylic acids is 2. The third-order valence-corrected chi connectivity index (χ3v) is 6.89. The number of nitrogens with zero attached hydrogens (tertiary/aromatic N) is 2. The highest BCUT2D eigenvalue weighted by molar-refractivity contribution is 8.16. The van der Waals surface area contributed by atoms with Crippen LogP contribution in [-0.4, -0.2) is 42.1 Å². The van der Waals surface area contributed by atoms with Gasteiger partial charge < -0.3 is 5.32 Å². The average Bonchev–Trinajstić information content (AvgIpc) is 2.99. The van der Waals surface area contributed by atoms with Crippen LogP contribution in [0.4, 0.5) is 5.69 Å². The Balaban J connectivity index is 1.78. The zero-order chi connectivity index (χ0) is 21.7. The molecular weight excluding hydrogens is 446 g/mol. The van der Waals surface area contributed by atoms with Crippen molar-refractivity contribution in [3.63, 3.8) is 0 Å². The van der Waals surface area contributed by atoms with E-state index in [-0.39, 0.29) is 28.9 Å². The van der Waals surface area contributed by atoms with Crippen LogP contribution in [0.1, 0.15) is 6.42 Å². The Labute approximate surface area is 183 Å². The number of amidine groups is 1. The molecule has 2 aromatic rings. The molecule has 0 radical (unpaired) electrons. The minimum absolute atomic E-state index is 0.0213. The summed E-state index contributed by atoms with van der Waals surface area (Å²) in [6.07, 6.45) is 1.34. The van der Waals surface area contributed by atoms with E-state index in [1.54, 1.807) is 42.5 Å². The van der Waals surface area contributed by atoms with E-state index in [0.717, 1.165) is 11.8 Å². The van der Waals surface area contributed by atoms with Gasteiger partial charge in [-0.15, -0.1) is 11.0 Å². The lowest BCUT2D eigenvalue weighted by atomic mass is 10.2. The maximum absolute atomic E-state index is 12.7. The quantitative estimate of drug-likeness (QED) is 0.633. The molecule has 0 aliphatic carbocycles. The third kappa shape index (κ3) is 5.29. The fourth-order valence-electron chi connectivity index (χ4n) is 2.67. The van der Waals surface area contributed by atoms with E-state index in [4.69, 9.17) is 11.6 Å². The number of hydrogen-bond donors (Lipinski definition) is 1. The van der Waals surface area contributed by atoms with E-state index in [1.807, 2.05) is 0 Å². The van der Waals surface area contributed by atoms with Crippen molar-refractivity contribution in [2.45, 2.75) is 16.6 Å². The van der Waals surface area contributed by atoms with Crippen LogP contribution in [0.2, 0.25) is 5.02 Å². The number of rotatable bonds is 7. The highest BCUT2D eigenvalue weighted by Crippen LogP contribution is 2.31. The first-order valence-corrected chi connectivity index (χ1v) is 11.5. The number of benzene rings is 2. The molecule has 0 unspecified atom stereocenters. The number of thioether (sulfide) groups is 1. The van der Waals surface area contributed by atoms with Crippen LogP contribution >= 0.6 is 23.4 Å². The van der Waals surface area contributed by atoms with Gasteiger partial charge in [0.1, 0.15) is 5.25 Å². The summed E-state index contributed by atoms with van der Waals surface area (Å²) in [5.74, 6) is -0.776. The van der Waals surface area contributed by atoms with Crippen molar-refractivity contribution in [3.05, 3.63) is 72.3 Å². The summed E-state index contributed by atoms with van der Waals surface area (Å²) < 4.78 is 29.0. The fraction of sp³-hybridized carbons (Fsp3) is 0.150. The number of halogens is 1. The van der Waals surface area contributed by atoms with Gasteiger partial charge in [-0.2, -0.15) is 8.42 Å². The molecule has 1 heterocycles. The van der Waals surface area contributed by atoms with Crippen LogP contribution in [0, 0.1) is 0 Å². The topological polar surface area (TPSA) is 95.9 Å². The lowest BCUT2D eigenvalue weighted by Gasteiger charge is -2.13. The number of anilines is 1. The number of amides is 2. The number of carbonyl (C=O) groups is 2. The largest absolute Gasteiger partial charge is 0.326 e. The van der Waals surface area contributed by atoms with Gasteiger partial charge in [-0.1, -0.05) is 47.6 Å². The molecule has 1 fully saturated rings. The van der Waals surface area contributed by atoms with Gasteiger partial charge in [0, 0.05) is 23.7 Å². The first kappa shape index (κ1) is 22.1. The van der Waals surface area contributed by atoms with Crippen LogP contribution in [-0.2, 0) is 19.6 Å². The van der Waals surface area contributed by atoms with Crippen molar-refractivity contribution >= 4 is 56.1 Å². The Hall–Kier alpha value is -2.62. The van der Waals surface area contributed by atoms with Crippen molar-refractivity contribution in [1.29, 1.82) is 0 Å². The van der Waals surface area contributed by atoms with Gasteiger partial charge >= 0.3 is 0 Å². The lowest BCUT2D eigenvalue weighted by molar-refractivity contribution is -0.127. The summed E-state index contributed by atoms with van der Waals surface area (Å²) in [6, 6.07) is 14.3. The first-order valence-electron chi connectivity index (χ1n) is 8.84. The second kappa shape index (κ2) is 9.46. The standard InChI is InChI=1S/C20H18ClN3O4S2/c1-2-12-24-19(26)17(13-18(25)22-15-10-8-14(21)9-11-15)29-20(24)23-30(27,28)16-6-4-3-5-7-16/h2-11,17H,1,12-13H2,(H,22,25)/t17-/m0/s1. The average molecular weight is 464 g/mol. The summed E-state index contributed by atoms with van der Waals surface area (Å²) in [6.45, 7) is 3.69. The van der Waals surface area contributed by atoms with Crippen molar-refractivity contribution in [1.82, 2.24) is 4.90 Å². The number of nitrogens with one attached hydrogen (secondary N) is 1. The van der Waals surface area contributed by atoms with Gasteiger partial charge in [0.2, 0.25) is 11.8 Å². The van der Waals surface area contributed by atoms with Gasteiger partial charge in [-0.3, -0.25) is 14.5 Å². The summed E-state index contributed by atoms with van der Waals surface area (Å²) in [5.41, 5.74) is 0.545. The Morgan fingerprint density at radius 3 is 2.50 bits per heavy atom. The van der Waals surface area contributed by atoms with E-state index >= 15 is 0 Å². The van der Waals surface area contributed by atoms with Gasteiger partial charge in [-0.25, -0.2) is 0 Å². The van der Waals surface area contributed by atoms with Gasteiger partial charge in [-0.05, 0) is 36.4 Å². The first-order chi connectivity index (χ1) is 14.3. The Bertz CT molecular complexity index is 1090. The SMILES string of the molecule is C=CCN1C(=O)[C@H](CC(=O)Nc2ccc(Cl)cc2)SC1=NS(=O)(=O)c1ccccc1. The fourth-order valence-corrected chi connectivity index (χ4v) is 5.18. The monoisotopic (exact) mass is 463 g/mol. The van der Waals surface area contributed by atoms with Crippen LogP contribution in [0.25, 0.3) is 0 Å². The lowest BCUT2D eigenvalue weighted by Crippen LogP contribution is -2.33. The molecule has 1 atom stereocenters. The Morgan fingerprint density at radius 1 is 1.20 bits per heavy atom. The molecule has 1 aliphatic rings. The van der Waals surface area contributed by atoms with Gasteiger partial charge in [0.25, 0.3) is 10.0 Å². The predicted molar refractivity (Wildman–Crippen MR) is 119 cm³/mol. The van der Waals surface area contributed by atoms with Gasteiger partial charge in [0.15, 0.2) is 5.17 Å². The molecule has 1 N–H and O–H groups in total. The van der Waals surface area contributed by atoms with Crippen LogP contribution in [0.15, 0.2) is 76.5 Å². The Kier molecular flexibility index (Phi) is 6.96. The summed E-state index contributed by atoms with van der Waals surface area (Å²) in [4.78, 5) is 26.4. The van der Waals surface area contributed by atoms with Gasteiger partial charge in [0.05, 0.1) is 4.90 Å². The molecule has 1 aliphatic heterocycles. The van der Waals surface area contributed by atoms with E-state index in [9.17, 15) is 18.0 Å². The van der Waals surface area contributed by atoms with E-state index in [0.29, 0.717) is 10.7 Å². The number of hydrogen-bond acceptors (Lipinski definition) is 5. The molecule has 2 aromatic carbocycles. The highest BCUT2D eigenvalue weighted by atomic mass is 35.5. The normalized spacial score (nSPS) is 17.9. The predicted octanol–water partition coefficient (Wildman–Crippen LogP) is 3.54. The minimum Gasteiger partial charge on any atom is -0.326 e. The zero-order valence-corrected chi connectivity index (χ0v) is 18.1. The second-order valence-corrected chi connectivity index (χ2v) is 9.48. The molecule has 10 heteroatoms. The molecule has 0 aromatic heterocycles. The van der Waals surface area contributed by atoms with Crippen molar-refractivity contribution in [2.24, 2.45) is 4.40 Å². The molecule has 1 saturated heterocycles. The zero-order valence-electron chi connectivity index (χ0n) is 15.7. The minimum atomic E-state index is -4.00. The molecule has 30 heavy (non-hydrogen) atoms. The summed E-state index contributed by atoms with van der Waals surface area (Å²) in [5, 5.41) is 2.46. The second-order valence-electron chi connectivity index (χ2n) is 6.27. The maximum atomic E-state index is 12.7. The van der Waals surface area contributed by atoms with Crippen LogP contribution in [0.5, 0.6) is 0 Å².